The van der Waals surface area contributed by atoms with E-state index in [-0.39, 0.29) is 11.6 Å². The molecule has 3 N–H and O–H groups in total. The molecule has 0 saturated carbocycles. The van der Waals surface area contributed by atoms with Gasteiger partial charge in [0.25, 0.3) is 5.91 Å². The molecule has 1 fully saturated rings. The SMILES string of the molecule is CCC1CN(C(=O)c2ccc(NCc3n[nH]c(=O)[nH]3)nc2)CCN1C(C)C. The molecule has 3 rings (SSSR count). The number of nitrogens with zero attached hydrogens (tertiary/aromatic N) is 4. The first-order chi connectivity index (χ1) is 13.0. The van der Waals surface area contributed by atoms with Gasteiger partial charge in [0.1, 0.15) is 11.6 Å². The molecule has 1 aliphatic heterocycles. The largest absolute Gasteiger partial charge is 0.363 e. The van der Waals surface area contributed by atoms with Gasteiger partial charge in [0.2, 0.25) is 0 Å². The molecule has 0 aliphatic carbocycles. The van der Waals surface area contributed by atoms with Crippen LogP contribution < -0.4 is 11.0 Å². The summed E-state index contributed by atoms with van der Waals surface area (Å²) in [5, 5.41) is 9.19. The van der Waals surface area contributed by atoms with E-state index in [0.29, 0.717) is 35.8 Å². The quantitative estimate of drug-likeness (QED) is 0.698. The molecule has 2 aromatic rings. The fraction of sp³-hybridized carbons (Fsp3) is 0.556. The predicted molar refractivity (Wildman–Crippen MR) is 103 cm³/mol. The van der Waals surface area contributed by atoms with Crippen LogP contribution in [0.4, 0.5) is 5.82 Å². The van der Waals surface area contributed by atoms with Gasteiger partial charge in [-0.25, -0.2) is 14.9 Å². The highest BCUT2D eigenvalue weighted by Crippen LogP contribution is 2.18. The van der Waals surface area contributed by atoms with Crippen molar-refractivity contribution in [2.45, 2.75) is 45.8 Å². The van der Waals surface area contributed by atoms with Crippen LogP contribution in [0.15, 0.2) is 23.1 Å². The predicted octanol–water partition coefficient (Wildman–Crippen LogP) is 1.05. The molecule has 9 heteroatoms. The number of amides is 1. The van der Waals surface area contributed by atoms with Crippen molar-refractivity contribution in [3.05, 3.63) is 40.2 Å². The van der Waals surface area contributed by atoms with E-state index < -0.39 is 0 Å². The number of carbonyl (C=O) groups excluding carboxylic acids is 1. The van der Waals surface area contributed by atoms with Gasteiger partial charge in [0.15, 0.2) is 0 Å². The Morgan fingerprint density at radius 1 is 1.37 bits per heavy atom. The van der Waals surface area contributed by atoms with Gasteiger partial charge in [-0.05, 0) is 32.4 Å². The van der Waals surface area contributed by atoms with Gasteiger partial charge >= 0.3 is 5.69 Å². The molecule has 146 valence electrons. The number of hydrogen-bond donors (Lipinski definition) is 3. The Balaban J connectivity index is 1.59. The lowest BCUT2D eigenvalue weighted by molar-refractivity contribution is 0.0371. The highest BCUT2D eigenvalue weighted by molar-refractivity contribution is 5.94. The molecule has 1 atom stereocenters. The van der Waals surface area contributed by atoms with Gasteiger partial charge in [0, 0.05) is 37.9 Å². The molecular weight excluding hydrogens is 346 g/mol. The highest BCUT2D eigenvalue weighted by atomic mass is 16.2. The van der Waals surface area contributed by atoms with E-state index in [4.69, 9.17) is 0 Å². The van der Waals surface area contributed by atoms with Gasteiger partial charge in [-0.3, -0.25) is 14.7 Å². The molecule has 1 amide bonds. The lowest BCUT2D eigenvalue weighted by atomic mass is 10.1. The zero-order valence-electron chi connectivity index (χ0n) is 16.0. The van der Waals surface area contributed by atoms with E-state index in [9.17, 15) is 9.59 Å². The summed E-state index contributed by atoms with van der Waals surface area (Å²) >= 11 is 0. The lowest BCUT2D eigenvalue weighted by Crippen LogP contribution is -2.56. The number of pyridine rings is 1. The van der Waals surface area contributed by atoms with Crippen molar-refractivity contribution in [1.82, 2.24) is 30.0 Å². The minimum atomic E-state index is -0.344. The molecule has 27 heavy (non-hydrogen) atoms. The molecule has 1 saturated heterocycles. The zero-order chi connectivity index (χ0) is 19.4. The Hall–Kier alpha value is -2.68. The second kappa shape index (κ2) is 8.34. The fourth-order valence-electron chi connectivity index (χ4n) is 3.47. The van der Waals surface area contributed by atoms with Crippen molar-refractivity contribution in [3.63, 3.8) is 0 Å². The number of piperazine rings is 1. The molecule has 0 bridgehead atoms. The summed E-state index contributed by atoms with van der Waals surface area (Å²) in [6.45, 7) is 9.30. The first-order valence-electron chi connectivity index (χ1n) is 9.36. The maximum atomic E-state index is 12.8. The van der Waals surface area contributed by atoms with Gasteiger partial charge < -0.3 is 10.2 Å². The normalized spacial score (nSPS) is 18.1. The van der Waals surface area contributed by atoms with E-state index in [0.717, 1.165) is 26.1 Å². The van der Waals surface area contributed by atoms with Crippen LogP contribution in [0, 0.1) is 0 Å². The third-order valence-corrected chi connectivity index (χ3v) is 4.95. The number of hydrogen-bond acceptors (Lipinski definition) is 6. The Morgan fingerprint density at radius 2 is 2.19 bits per heavy atom. The summed E-state index contributed by atoms with van der Waals surface area (Å²) in [6, 6.07) is 4.43. The third-order valence-electron chi connectivity index (χ3n) is 4.95. The Bertz CT molecular complexity index is 812. The number of carbonyl (C=O) groups is 1. The average molecular weight is 373 g/mol. The number of anilines is 1. The summed E-state index contributed by atoms with van der Waals surface area (Å²) in [6.07, 6.45) is 2.62. The molecule has 2 aromatic heterocycles. The van der Waals surface area contributed by atoms with Crippen molar-refractivity contribution in [1.29, 1.82) is 0 Å². The summed E-state index contributed by atoms with van der Waals surface area (Å²) in [5.41, 5.74) is 0.241. The smallest absolute Gasteiger partial charge is 0.340 e. The van der Waals surface area contributed by atoms with Gasteiger partial charge in [-0.15, -0.1) is 0 Å². The molecule has 9 nitrogen and oxygen atoms in total. The van der Waals surface area contributed by atoms with Crippen LogP contribution in [0.2, 0.25) is 0 Å². The second-order valence-corrected chi connectivity index (χ2v) is 7.05. The fourth-order valence-corrected chi connectivity index (χ4v) is 3.47. The van der Waals surface area contributed by atoms with Crippen LogP contribution in [-0.2, 0) is 6.54 Å². The number of H-pyrrole nitrogens is 2. The van der Waals surface area contributed by atoms with E-state index in [1.807, 2.05) is 4.90 Å². The van der Waals surface area contributed by atoms with Crippen LogP contribution in [-0.4, -0.2) is 67.6 Å². The summed E-state index contributed by atoms with van der Waals surface area (Å²) < 4.78 is 0. The lowest BCUT2D eigenvalue weighted by Gasteiger charge is -2.43. The summed E-state index contributed by atoms with van der Waals surface area (Å²) in [5.74, 6) is 1.13. The maximum absolute atomic E-state index is 12.8. The van der Waals surface area contributed by atoms with Crippen molar-refractivity contribution >= 4 is 11.7 Å². The molecule has 1 aliphatic rings. The molecule has 1 unspecified atom stereocenters. The number of rotatable bonds is 6. The van der Waals surface area contributed by atoms with E-state index in [1.165, 1.54) is 0 Å². The highest BCUT2D eigenvalue weighted by Gasteiger charge is 2.30. The Morgan fingerprint density at radius 3 is 2.78 bits per heavy atom. The first-order valence-corrected chi connectivity index (χ1v) is 9.36. The molecule has 0 aromatic carbocycles. The number of aromatic nitrogens is 4. The molecule has 0 radical (unpaired) electrons. The summed E-state index contributed by atoms with van der Waals surface area (Å²) in [4.78, 5) is 35.1. The standard InChI is InChI=1S/C18H27N7O2/c1-4-14-11-24(7-8-25(14)12(2)3)17(26)13-5-6-15(19-9-13)20-10-16-21-18(27)23-22-16/h5-6,9,12,14H,4,7-8,10-11H2,1-3H3,(H,19,20)(H2,21,22,23,27). The second-order valence-electron chi connectivity index (χ2n) is 7.05. The van der Waals surface area contributed by atoms with Gasteiger partial charge in [0.05, 0.1) is 12.1 Å². The molecule has 3 heterocycles. The van der Waals surface area contributed by atoms with Gasteiger partial charge in [-0.2, -0.15) is 5.10 Å². The van der Waals surface area contributed by atoms with E-state index >= 15 is 0 Å². The van der Waals surface area contributed by atoms with Gasteiger partial charge in [-0.1, -0.05) is 6.92 Å². The minimum absolute atomic E-state index is 0.0209. The van der Waals surface area contributed by atoms with Crippen LogP contribution in [0.5, 0.6) is 0 Å². The number of nitrogens with one attached hydrogen (secondary N) is 3. The van der Waals surface area contributed by atoms with Crippen molar-refractivity contribution in [2.75, 3.05) is 25.0 Å². The van der Waals surface area contributed by atoms with Crippen molar-refractivity contribution < 1.29 is 4.79 Å². The Labute approximate surface area is 158 Å². The maximum Gasteiger partial charge on any atom is 0.340 e. The monoisotopic (exact) mass is 373 g/mol. The first kappa shape index (κ1) is 19.1. The molecule has 0 spiro atoms. The Kier molecular flexibility index (Phi) is 5.90. The van der Waals surface area contributed by atoms with Crippen LogP contribution in [0.3, 0.4) is 0 Å². The van der Waals surface area contributed by atoms with Crippen LogP contribution in [0.1, 0.15) is 43.4 Å². The van der Waals surface area contributed by atoms with Crippen LogP contribution in [0.25, 0.3) is 0 Å². The number of aromatic amines is 2. The molecular formula is C18H27N7O2. The van der Waals surface area contributed by atoms with Crippen LogP contribution >= 0.6 is 0 Å². The zero-order valence-corrected chi connectivity index (χ0v) is 16.0. The van der Waals surface area contributed by atoms with E-state index in [2.05, 4.69) is 51.2 Å². The van der Waals surface area contributed by atoms with E-state index in [1.54, 1.807) is 18.3 Å². The van der Waals surface area contributed by atoms with Crippen molar-refractivity contribution in [2.24, 2.45) is 0 Å². The summed E-state index contributed by atoms with van der Waals surface area (Å²) in [7, 11) is 0. The van der Waals surface area contributed by atoms with Crippen molar-refractivity contribution in [3.8, 4) is 0 Å². The third kappa shape index (κ3) is 4.54. The minimum Gasteiger partial charge on any atom is -0.363 e. The topological polar surface area (TPSA) is 110 Å². The average Bonchev–Trinajstić information content (AvgIpc) is 3.10.